The van der Waals surface area contributed by atoms with Gasteiger partial charge in [-0.15, -0.1) is 0 Å². The summed E-state index contributed by atoms with van der Waals surface area (Å²) < 4.78 is 7.79. The molecule has 0 spiro atoms. The number of aromatic nitrogens is 3. The van der Waals surface area contributed by atoms with E-state index in [9.17, 15) is 0 Å². The third-order valence-electron chi connectivity index (χ3n) is 4.59. The first-order valence-corrected chi connectivity index (χ1v) is 10.1. The van der Waals surface area contributed by atoms with Gasteiger partial charge in [0, 0.05) is 32.4 Å². The van der Waals surface area contributed by atoms with Crippen molar-refractivity contribution in [3.8, 4) is 5.75 Å². The largest absolute Gasteiger partial charge is 0.494 e. The van der Waals surface area contributed by atoms with Crippen molar-refractivity contribution in [1.82, 2.24) is 15.0 Å². The zero-order valence-electron chi connectivity index (χ0n) is 14.3. The SMILES string of the molecule is COc1cccc2sc(N3CCN(c4nc5cnccc5s4)CC3)nc12. The van der Waals surface area contributed by atoms with Crippen LogP contribution in [0.25, 0.3) is 20.4 Å². The lowest BCUT2D eigenvalue weighted by Gasteiger charge is -2.34. The van der Waals surface area contributed by atoms with Crippen LogP contribution in [0.1, 0.15) is 0 Å². The van der Waals surface area contributed by atoms with Crippen LogP contribution in [0.3, 0.4) is 0 Å². The van der Waals surface area contributed by atoms with Gasteiger partial charge in [-0.05, 0) is 18.2 Å². The molecule has 1 aliphatic rings. The molecule has 6 nitrogen and oxygen atoms in total. The van der Waals surface area contributed by atoms with Gasteiger partial charge >= 0.3 is 0 Å². The van der Waals surface area contributed by atoms with Gasteiger partial charge in [0.15, 0.2) is 10.3 Å². The second-order valence-electron chi connectivity index (χ2n) is 6.12. The Morgan fingerprint density at radius 2 is 1.65 bits per heavy atom. The number of benzene rings is 1. The fourth-order valence-electron chi connectivity index (χ4n) is 3.20. The van der Waals surface area contributed by atoms with Gasteiger partial charge in [0.05, 0.1) is 22.7 Å². The molecular weight excluding hydrogens is 366 g/mol. The quantitative estimate of drug-likeness (QED) is 0.538. The summed E-state index contributed by atoms with van der Waals surface area (Å²) in [6.07, 6.45) is 3.66. The van der Waals surface area contributed by atoms with Crippen molar-refractivity contribution in [2.24, 2.45) is 0 Å². The molecule has 26 heavy (non-hydrogen) atoms. The standard InChI is InChI=1S/C18H17N5OS2/c1-24-13-3-2-4-15-16(13)21-18(26-15)23-9-7-22(8-10-23)17-20-12-11-19-6-5-14(12)25-17/h2-6,11H,7-10H2,1H3. The van der Waals surface area contributed by atoms with Crippen molar-refractivity contribution in [3.05, 3.63) is 36.7 Å². The van der Waals surface area contributed by atoms with Gasteiger partial charge in [0.2, 0.25) is 0 Å². The Morgan fingerprint density at radius 3 is 2.38 bits per heavy atom. The predicted molar refractivity (Wildman–Crippen MR) is 108 cm³/mol. The number of fused-ring (bicyclic) bond motifs is 2. The number of hydrogen-bond donors (Lipinski definition) is 0. The molecule has 0 N–H and O–H groups in total. The predicted octanol–water partition coefficient (Wildman–Crippen LogP) is 3.64. The second kappa shape index (κ2) is 6.37. The zero-order valence-corrected chi connectivity index (χ0v) is 15.9. The van der Waals surface area contributed by atoms with Gasteiger partial charge in [0.1, 0.15) is 16.8 Å². The van der Waals surface area contributed by atoms with Crippen molar-refractivity contribution < 1.29 is 4.74 Å². The maximum absolute atomic E-state index is 5.44. The molecule has 0 unspecified atom stereocenters. The van der Waals surface area contributed by atoms with Gasteiger partial charge in [0.25, 0.3) is 0 Å². The fraction of sp³-hybridized carbons (Fsp3) is 0.278. The summed E-state index contributed by atoms with van der Waals surface area (Å²) in [7, 11) is 1.69. The molecule has 132 valence electrons. The molecule has 1 aromatic carbocycles. The molecule has 4 heterocycles. The molecule has 1 aliphatic heterocycles. The van der Waals surface area contributed by atoms with E-state index in [1.165, 1.54) is 9.40 Å². The molecule has 4 aromatic rings. The Labute approximate surface area is 158 Å². The molecule has 0 bridgehead atoms. The fourth-order valence-corrected chi connectivity index (χ4v) is 5.22. The lowest BCUT2D eigenvalue weighted by molar-refractivity contribution is 0.419. The molecule has 1 fully saturated rings. The number of methoxy groups -OCH3 is 1. The Bertz CT molecular complexity index is 1030. The maximum Gasteiger partial charge on any atom is 0.186 e. The first kappa shape index (κ1) is 15.8. The summed E-state index contributed by atoms with van der Waals surface area (Å²) in [6, 6.07) is 8.11. The normalized spacial score (nSPS) is 15.1. The summed E-state index contributed by atoms with van der Waals surface area (Å²) in [4.78, 5) is 18.4. The molecule has 8 heteroatoms. The van der Waals surface area contributed by atoms with Gasteiger partial charge in [-0.25, -0.2) is 9.97 Å². The van der Waals surface area contributed by atoms with Crippen LogP contribution >= 0.6 is 22.7 Å². The first-order chi connectivity index (χ1) is 12.8. The first-order valence-electron chi connectivity index (χ1n) is 8.46. The highest BCUT2D eigenvalue weighted by atomic mass is 32.1. The number of pyridine rings is 1. The third-order valence-corrected chi connectivity index (χ3v) is 6.77. The lowest BCUT2D eigenvalue weighted by Crippen LogP contribution is -2.46. The minimum absolute atomic E-state index is 0.840. The average Bonchev–Trinajstić information content (AvgIpc) is 3.32. The summed E-state index contributed by atoms with van der Waals surface area (Å²) in [5.41, 5.74) is 1.93. The van der Waals surface area contributed by atoms with E-state index in [1.54, 1.807) is 29.8 Å². The smallest absolute Gasteiger partial charge is 0.186 e. The van der Waals surface area contributed by atoms with Crippen molar-refractivity contribution in [3.63, 3.8) is 0 Å². The van der Waals surface area contributed by atoms with E-state index in [0.29, 0.717) is 0 Å². The molecule has 1 saturated heterocycles. The minimum Gasteiger partial charge on any atom is -0.494 e. The molecule has 5 rings (SSSR count). The summed E-state index contributed by atoms with van der Waals surface area (Å²) in [5.74, 6) is 0.840. The van der Waals surface area contributed by atoms with Crippen molar-refractivity contribution in [2.75, 3.05) is 43.1 Å². The van der Waals surface area contributed by atoms with E-state index >= 15 is 0 Å². The highest BCUT2D eigenvalue weighted by Crippen LogP contribution is 2.35. The molecule has 0 saturated carbocycles. The monoisotopic (exact) mass is 383 g/mol. The number of anilines is 2. The number of piperazine rings is 1. The van der Waals surface area contributed by atoms with E-state index < -0.39 is 0 Å². The van der Waals surface area contributed by atoms with Crippen LogP contribution < -0.4 is 14.5 Å². The highest BCUT2D eigenvalue weighted by molar-refractivity contribution is 7.22. The van der Waals surface area contributed by atoms with Gasteiger partial charge in [-0.1, -0.05) is 28.7 Å². The molecule has 0 aliphatic carbocycles. The minimum atomic E-state index is 0.840. The van der Waals surface area contributed by atoms with Crippen LogP contribution in [0.15, 0.2) is 36.7 Å². The molecular formula is C18H17N5OS2. The van der Waals surface area contributed by atoms with Crippen LogP contribution in [-0.2, 0) is 0 Å². The van der Waals surface area contributed by atoms with E-state index in [-0.39, 0.29) is 0 Å². The second-order valence-corrected chi connectivity index (χ2v) is 8.14. The summed E-state index contributed by atoms with van der Waals surface area (Å²) in [5, 5.41) is 2.15. The van der Waals surface area contributed by atoms with Crippen LogP contribution in [0, 0.1) is 0 Å². The Kier molecular flexibility index (Phi) is 3.86. The molecule has 0 amide bonds. The van der Waals surface area contributed by atoms with Crippen LogP contribution in [0.5, 0.6) is 5.75 Å². The van der Waals surface area contributed by atoms with E-state index in [4.69, 9.17) is 14.7 Å². The van der Waals surface area contributed by atoms with Gasteiger partial charge in [-0.3, -0.25) is 4.98 Å². The molecule has 0 radical (unpaired) electrons. The Balaban J connectivity index is 1.35. The third kappa shape index (κ3) is 2.65. The van der Waals surface area contributed by atoms with Gasteiger partial charge in [-0.2, -0.15) is 0 Å². The summed E-state index contributed by atoms with van der Waals surface area (Å²) >= 11 is 3.47. The van der Waals surface area contributed by atoms with E-state index in [2.05, 4.69) is 20.9 Å². The lowest BCUT2D eigenvalue weighted by atomic mass is 10.3. The van der Waals surface area contributed by atoms with Crippen LogP contribution in [0.4, 0.5) is 10.3 Å². The van der Waals surface area contributed by atoms with E-state index in [0.717, 1.165) is 53.2 Å². The van der Waals surface area contributed by atoms with Crippen LogP contribution in [-0.4, -0.2) is 48.2 Å². The topological polar surface area (TPSA) is 54.4 Å². The highest BCUT2D eigenvalue weighted by Gasteiger charge is 2.22. The van der Waals surface area contributed by atoms with E-state index in [1.807, 2.05) is 30.6 Å². The number of thiazole rings is 2. The van der Waals surface area contributed by atoms with Crippen molar-refractivity contribution >= 4 is 53.4 Å². The van der Waals surface area contributed by atoms with Crippen molar-refractivity contribution in [1.29, 1.82) is 0 Å². The Morgan fingerprint density at radius 1 is 0.923 bits per heavy atom. The number of ether oxygens (including phenoxy) is 1. The average molecular weight is 384 g/mol. The van der Waals surface area contributed by atoms with Crippen LogP contribution in [0.2, 0.25) is 0 Å². The zero-order chi connectivity index (χ0) is 17.5. The van der Waals surface area contributed by atoms with Gasteiger partial charge < -0.3 is 14.5 Å². The Hall–Kier alpha value is -2.45. The molecule has 3 aromatic heterocycles. The number of nitrogens with zero attached hydrogens (tertiary/aromatic N) is 5. The van der Waals surface area contributed by atoms with Crippen molar-refractivity contribution in [2.45, 2.75) is 0 Å². The number of hydrogen-bond acceptors (Lipinski definition) is 8. The number of rotatable bonds is 3. The molecule has 0 atom stereocenters. The maximum atomic E-state index is 5.44. The summed E-state index contributed by atoms with van der Waals surface area (Å²) in [6.45, 7) is 3.77. The number of para-hydroxylation sites is 1.